The highest BCUT2D eigenvalue weighted by Crippen LogP contribution is 2.37. The zero-order chi connectivity index (χ0) is 12.5. The second-order valence-corrected chi connectivity index (χ2v) is 5.20. The van der Waals surface area contributed by atoms with Gasteiger partial charge in [0.25, 0.3) is 0 Å². The van der Waals surface area contributed by atoms with Crippen molar-refractivity contribution in [2.45, 2.75) is 12.5 Å². The minimum absolute atomic E-state index is 0.244. The molecule has 2 nitrogen and oxygen atoms in total. The molecular weight excluding hydrogens is 292 g/mol. The number of hydrogen-bond donors (Lipinski definition) is 0. The van der Waals surface area contributed by atoms with E-state index in [9.17, 15) is 4.79 Å². The van der Waals surface area contributed by atoms with Gasteiger partial charge in [0.1, 0.15) is 18.6 Å². The molecular formula is C15H11BrO2. The Kier molecular flexibility index (Phi) is 2.92. The Morgan fingerprint density at radius 1 is 1.17 bits per heavy atom. The molecule has 0 amide bonds. The summed E-state index contributed by atoms with van der Waals surface area (Å²) in [6, 6.07) is 13.7. The summed E-state index contributed by atoms with van der Waals surface area (Å²) in [4.78, 5) is 11.5. The first-order chi connectivity index (χ1) is 8.79. The molecule has 0 bridgehead atoms. The summed E-state index contributed by atoms with van der Waals surface area (Å²) in [6.45, 7) is 0.504. The molecule has 1 unspecified atom stereocenters. The van der Waals surface area contributed by atoms with Crippen molar-refractivity contribution in [2.75, 3.05) is 0 Å². The van der Waals surface area contributed by atoms with Crippen LogP contribution in [0, 0.1) is 0 Å². The largest absolute Gasteiger partial charge is 0.489 e. The van der Waals surface area contributed by atoms with E-state index in [-0.39, 0.29) is 5.92 Å². The maximum Gasteiger partial charge on any atom is 0.132 e. The molecule has 0 spiro atoms. The van der Waals surface area contributed by atoms with E-state index in [4.69, 9.17) is 4.74 Å². The Morgan fingerprint density at radius 3 is 2.83 bits per heavy atom. The highest BCUT2D eigenvalue weighted by molar-refractivity contribution is 9.10. The third kappa shape index (κ3) is 1.85. The predicted molar refractivity (Wildman–Crippen MR) is 72.8 cm³/mol. The van der Waals surface area contributed by atoms with Crippen molar-refractivity contribution in [1.82, 2.24) is 0 Å². The summed E-state index contributed by atoms with van der Waals surface area (Å²) in [6.07, 6.45) is 0.986. The molecule has 0 aliphatic carbocycles. The molecule has 3 heteroatoms. The normalized spacial score (nSPS) is 17.1. The molecule has 0 N–H and O–H groups in total. The van der Waals surface area contributed by atoms with Crippen molar-refractivity contribution in [2.24, 2.45) is 0 Å². The average Bonchev–Trinajstić information content (AvgIpc) is 2.55. The van der Waals surface area contributed by atoms with Crippen molar-refractivity contribution >= 4 is 22.2 Å². The number of halogens is 1. The molecule has 1 aliphatic rings. The quantitative estimate of drug-likeness (QED) is 0.751. The van der Waals surface area contributed by atoms with Crippen LogP contribution in [0.1, 0.15) is 22.6 Å². The molecule has 18 heavy (non-hydrogen) atoms. The summed E-state index contributed by atoms with van der Waals surface area (Å²) in [5.74, 6) is 0.532. The summed E-state index contributed by atoms with van der Waals surface area (Å²) in [5.41, 5.74) is 3.04. The van der Waals surface area contributed by atoms with E-state index in [1.54, 1.807) is 0 Å². The number of rotatable bonds is 1. The van der Waals surface area contributed by atoms with Gasteiger partial charge in [-0.05, 0) is 23.3 Å². The van der Waals surface area contributed by atoms with Crippen molar-refractivity contribution in [3.8, 4) is 5.75 Å². The Morgan fingerprint density at radius 2 is 2.00 bits per heavy atom. The molecule has 2 aromatic carbocycles. The number of benzene rings is 2. The van der Waals surface area contributed by atoms with Crippen LogP contribution in [0.3, 0.4) is 0 Å². The lowest BCUT2D eigenvalue weighted by Gasteiger charge is -2.12. The summed E-state index contributed by atoms with van der Waals surface area (Å²) in [7, 11) is 0. The molecule has 90 valence electrons. The summed E-state index contributed by atoms with van der Waals surface area (Å²) >= 11 is 3.42. The number of carbonyl (C=O) groups excluding carboxylic acids is 1. The third-order valence-corrected chi connectivity index (χ3v) is 3.71. The van der Waals surface area contributed by atoms with E-state index in [1.165, 1.54) is 0 Å². The van der Waals surface area contributed by atoms with Crippen LogP contribution in [0.25, 0.3) is 0 Å². The van der Waals surface area contributed by atoms with E-state index in [1.807, 2.05) is 42.5 Å². The Labute approximate surface area is 114 Å². The monoisotopic (exact) mass is 302 g/mol. The molecule has 0 saturated carbocycles. The van der Waals surface area contributed by atoms with Crippen molar-refractivity contribution in [1.29, 1.82) is 0 Å². The fraction of sp³-hybridized carbons (Fsp3) is 0.133. The molecule has 1 atom stereocenters. The van der Waals surface area contributed by atoms with Gasteiger partial charge in [0.05, 0.1) is 5.92 Å². The topological polar surface area (TPSA) is 26.3 Å². The van der Waals surface area contributed by atoms with Crippen molar-refractivity contribution in [3.05, 3.63) is 63.6 Å². The summed E-state index contributed by atoms with van der Waals surface area (Å²) < 4.78 is 6.75. The molecule has 0 aromatic heterocycles. The second-order valence-electron chi connectivity index (χ2n) is 4.28. The van der Waals surface area contributed by atoms with E-state index >= 15 is 0 Å². The average molecular weight is 303 g/mol. The van der Waals surface area contributed by atoms with Crippen LogP contribution < -0.4 is 4.74 Å². The molecule has 0 radical (unpaired) electrons. The van der Waals surface area contributed by atoms with Crippen LogP contribution in [0.2, 0.25) is 0 Å². The van der Waals surface area contributed by atoms with Crippen molar-refractivity contribution in [3.63, 3.8) is 0 Å². The van der Waals surface area contributed by atoms with Gasteiger partial charge in [0.15, 0.2) is 0 Å². The van der Waals surface area contributed by atoms with Gasteiger partial charge < -0.3 is 9.53 Å². The van der Waals surface area contributed by atoms with Crippen LogP contribution in [0.4, 0.5) is 0 Å². The highest BCUT2D eigenvalue weighted by Gasteiger charge is 2.23. The lowest BCUT2D eigenvalue weighted by molar-refractivity contribution is -0.108. The van der Waals surface area contributed by atoms with Gasteiger partial charge in [0.2, 0.25) is 0 Å². The molecule has 1 aliphatic heterocycles. The number of fused-ring (bicyclic) bond motifs is 2. The molecule has 0 fully saturated rings. The number of ether oxygens (including phenoxy) is 1. The lowest BCUT2D eigenvalue weighted by atomic mass is 9.90. The molecule has 1 heterocycles. The highest BCUT2D eigenvalue weighted by atomic mass is 79.9. The predicted octanol–water partition coefficient (Wildman–Crippen LogP) is 3.67. The standard InChI is InChI=1S/C15H11BrO2/c16-11-5-6-13-14(8-17)12-4-2-1-3-10(12)9-18-15(13)7-11/h1-8,14H,9H2. The zero-order valence-electron chi connectivity index (χ0n) is 9.60. The van der Waals surface area contributed by atoms with Crippen LogP contribution in [-0.2, 0) is 11.4 Å². The van der Waals surface area contributed by atoms with E-state index in [0.717, 1.165) is 33.2 Å². The first-order valence-corrected chi connectivity index (χ1v) is 6.54. The van der Waals surface area contributed by atoms with Gasteiger partial charge in [0, 0.05) is 10.0 Å². The van der Waals surface area contributed by atoms with E-state index < -0.39 is 0 Å². The lowest BCUT2D eigenvalue weighted by Crippen LogP contribution is -2.03. The Bertz CT molecular complexity index is 607. The third-order valence-electron chi connectivity index (χ3n) is 3.22. The Balaban J connectivity index is 2.21. The smallest absolute Gasteiger partial charge is 0.132 e. The van der Waals surface area contributed by atoms with E-state index in [0.29, 0.717) is 6.61 Å². The van der Waals surface area contributed by atoms with Crippen LogP contribution in [0.5, 0.6) is 5.75 Å². The van der Waals surface area contributed by atoms with Crippen LogP contribution in [-0.4, -0.2) is 6.29 Å². The van der Waals surface area contributed by atoms with Gasteiger partial charge >= 0.3 is 0 Å². The fourth-order valence-corrected chi connectivity index (χ4v) is 2.67. The Hall–Kier alpha value is -1.61. The van der Waals surface area contributed by atoms with Gasteiger partial charge in [-0.25, -0.2) is 0 Å². The maximum atomic E-state index is 11.5. The molecule has 2 aromatic rings. The minimum atomic E-state index is -0.244. The zero-order valence-corrected chi connectivity index (χ0v) is 11.2. The second kappa shape index (κ2) is 4.58. The van der Waals surface area contributed by atoms with Gasteiger partial charge in [-0.3, -0.25) is 0 Å². The summed E-state index contributed by atoms with van der Waals surface area (Å²) in [5, 5.41) is 0. The number of aldehydes is 1. The fourth-order valence-electron chi connectivity index (χ4n) is 2.33. The van der Waals surface area contributed by atoms with Crippen molar-refractivity contribution < 1.29 is 9.53 Å². The SMILES string of the molecule is O=CC1c2ccccc2COc2cc(Br)ccc21. The van der Waals surface area contributed by atoms with Crippen LogP contribution in [0.15, 0.2) is 46.9 Å². The molecule has 0 saturated heterocycles. The van der Waals surface area contributed by atoms with Crippen LogP contribution >= 0.6 is 15.9 Å². The number of hydrogen-bond acceptors (Lipinski definition) is 2. The van der Waals surface area contributed by atoms with Gasteiger partial charge in [-0.2, -0.15) is 0 Å². The molecule has 3 rings (SSSR count). The first-order valence-electron chi connectivity index (χ1n) is 5.75. The number of carbonyl (C=O) groups is 1. The van der Waals surface area contributed by atoms with E-state index in [2.05, 4.69) is 15.9 Å². The van der Waals surface area contributed by atoms with Gasteiger partial charge in [-0.15, -0.1) is 0 Å². The van der Waals surface area contributed by atoms with Gasteiger partial charge in [-0.1, -0.05) is 46.3 Å². The minimum Gasteiger partial charge on any atom is -0.489 e. The maximum absolute atomic E-state index is 11.5. The first kappa shape index (κ1) is 11.5.